The van der Waals surface area contributed by atoms with Crippen LogP contribution in [0, 0.1) is 5.92 Å². The molecule has 0 amide bonds. The zero-order valence-electron chi connectivity index (χ0n) is 12.7. The van der Waals surface area contributed by atoms with Gasteiger partial charge in [-0.2, -0.15) is 0 Å². The largest absolute Gasteiger partial charge is 0.0620 e. The average Bonchev–Trinajstić information content (AvgIpc) is 2.41. The Kier molecular flexibility index (Phi) is 5.04. The highest BCUT2D eigenvalue weighted by Gasteiger charge is 2.21. The van der Waals surface area contributed by atoms with E-state index in [9.17, 15) is 0 Å². The van der Waals surface area contributed by atoms with Gasteiger partial charge in [-0.25, -0.2) is 0 Å². The Morgan fingerprint density at radius 2 is 1.30 bits per heavy atom. The molecule has 106 valence electrons. The number of rotatable bonds is 4. The molecule has 2 aromatic rings. The van der Waals surface area contributed by atoms with E-state index >= 15 is 0 Å². The first-order chi connectivity index (χ1) is 9.50. The maximum Gasteiger partial charge on any atom is 0.0175 e. The van der Waals surface area contributed by atoms with E-state index in [1.807, 2.05) is 0 Å². The van der Waals surface area contributed by atoms with Crippen LogP contribution in [0.25, 0.3) is 0 Å². The van der Waals surface area contributed by atoms with E-state index in [2.05, 4.69) is 92.2 Å². The van der Waals surface area contributed by atoms with Gasteiger partial charge < -0.3 is 0 Å². The van der Waals surface area contributed by atoms with Gasteiger partial charge in [-0.15, -0.1) is 0 Å². The van der Waals surface area contributed by atoms with E-state index < -0.39 is 0 Å². The Morgan fingerprint density at radius 1 is 0.750 bits per heavy atom. The Balaban J connectivity index is 2.52. The van der Waals surface area contributed by atoms with Crippen molar-refractivity contribution >= 4 is 15.9 Å². The number of halogens is 1. The van der Waals surface area contributed by atoms with Gasteiger partial charge in [0.05, 0.1) is 0 Å². The minimum atomic E-state index is 0.460. The van der Waals surface area contributed by atoms with Crippen molar-refractivity contribution in [1.82, 2.24) is 0 Å². The van der Waals surface area contributed by atoms with Crippen LogP contribution >= 0.6 is 15.9 Å². The Labute approximate surface area is 131 Å². The summed E-state index contributed by atoms with van der Waals surface area (Å²) in [7, 11) is 0. The predicted octanol–water partition coefficient (Wildman–Crippen LogP) is 6.36. The quantitative estimate of drug-likeness (QED) is 0.611. The molecule has 2 aromatic carbocycles. The van der Waals surface area contributed by atoms with Gasteiger partial charge in [-0.3, -0.25) is 0 Å². The summed E-state index contributed by atoms with van der Waals surface area (Å²) < 4.78 is 1.14. The van der Waals surface area contributed by atoms with Crippen LogP contribution in [-0.2, 0) is 0 Å². The minimum absolute atomic E-state index is 0.460. The van der Waals surface area contributed by atoms with Gasteiger partial charge in [0.2, 0.25) is 0 Å². The van der Waals surface area contributed by atoms with Crippen molar-refractivity contribution in [2.24, 2.45) is 5.92 Å². The molecule has 0 bridgehead atoms. The molecule has 2 rings (SSSR count). The van der Waals surface area contributed by atoms with E-state index in [0.29, 0.717) is 17.8 Å². The van der Waals surface area contributed by atoms with Crippen LogP contribution in [0.3, 0.4) is 0 Å². The fourth-order valence-corrected chi connectivity index (χ4v) is 3.18. The lowest BCUT2D eigenvalue weighted by molar-refractivity contribution is 0.557. The fourth-order valence-electron chi connectivity index (χ4n) is 2.91. The molecule has 0 fully saturated rings. The van der Waals surface area contributed by atoms with Crippen LogP contribution in [-0.4, -0.2) is 0 Å². The average molecular weight is 331 g/mol. The monoisotopic (exact) mass is 330 g/mol. The van der Waals surface area contributed by atoms with E-state index in [1.54, 1.807) is 0 Å². The summed E-state index contributed by atoms with van der Waals surface area (Å²) in [6.07, 6.45) is 0. The number of benzene rings is 2. The molecule has 0 N–H and O–H groups in total. The van der Waals surface area contributed by atoms with Crippen molar-refractivity contribution in [2.75, 3.05) is 0 Å². The zero-order valence-corrected chi connectivity index (χ0v) is 14.3. The van der Waals surface area contributed by atoms with Gasteiger partial charge >= 0.3 is 0 Å². The number of hydrogen-bond acceptors (Lipinski definition) is 0. The maximum atomic E-state index is 3.53. The summed E-state index contributed by atoms with van der Waals surface area (Å²) in [5.74, 6) is 1.60. The molecule has 0 aromatic heterocycles. The third-order valence-corrected chi connectivity index (χ3v) is 4.38. The molecule has 20 heavy (non-hydrogen) atoms. The lowest BCUT2D eigenvalue weighted by atomic mass is 9.78. The van der Waals surface area contributed by atoms with Gasteiger partial charge in [-0.05, 0) is 40.7 Å². The van der Waals surface area contributed by atoms with Gasteiger partial charge in [-0.1, -0.05) is 80.0 Å². The molecule has 0 nitrogen and oxygen atoms in total. The summed E-state index contributed by atoms with van der Waals surface area (Å²) in [5, 5.41) is 0. The van der Waals surface area contributed by atoms with Gasteiger partial charge in [0, 0.05) is 10.4 Å². The molecule has 1 heteroatoms. The first kappa shape index (κ1) is 15.3. The second kappa shape index (κ2) is 6.58. The van der Waals surface area contributed by atoms with Crippen molar-refractivity contribution in [1.29, 1.82) is 0 Å². The van der Waals surface area contributed by atoms with Crippen molar-refractivity contribution < 1.29 is 0 Å². The minimum Gasteiger partial charge on any atom is -0.0620 e. The molecule has 0 aliphatic rings. The molecule has 1 unspecified atom stereocenters. The normalized spacial score (nSPS) is 12.9. The van der Waals surface area contributed by atoms with Crippen LogP contribution in [0.2, 0.25) is 0 Å². The Hall–Kier alpha value is -1.08. The van der Waals surface area contributed by atoms with Crippen LogP contribution in [0.4, 0.5) is 0 Å². The third kappa shape index (κ3) is 3.32. The second-order valence-electron chi connectivity index (χ2n) is 6.06. The number of hydrogen-bond donors (Lipinski definition) is 0. The Bertz CT molecular complexity index is 552. The SMILES string of the molecule is CC(C)c1ccccc1C(c1ccc(Br)cc1)C(C)C. The molecule has 0 aliphatic heterocycles. The fraction of sp³-hybridized carbons (Fsp3) is 0.368. The standard InChI is InChI=1S/C19H23Br/c1-13(2)17-7-5-6-8-18(17)19(14(3)4)15-9-11-16(20)12-10-15/h5-14,19H,1-4H3. The highest BCUT2D eigenvalue weighted by atomic mass is 79.9. The first-order valence-electron chi connectivity index (χ1n) is 7.35. The second-order valence-corrected chi connectivity index (χ2v) is 6.97. The molecule has 0 heterocycles. The summed E-state index contributed by atoms with van der Waals surface area (Å²) in [5.41, 5.74) is 4.34. The maximum absolute atomic E-state index is 3.53. The molecule has 1 atom stereocenters. The van der Waals surface area contributed by atoms with Crippen LogP contribution in [0.1, 0.15) is 56.2 Å². The molecule has 0 aliphatic carbocycles. The van der Waals surface area contributed by atoms with Gasteiger partial charge in [0.1, 0.15) is 0 Å². The predicted molar refractivity (Wildman–Crippen MR) is 91.4 cm³/mol. The third-order valence-electron chi connectivity index (χ3n) is 3.85. The van der Waals surface area contributed by atoms with Crippen LogP contribution in [0.15, 0.2) is 53.0 Å². The summed E-state index contributed by atoms with van der Waals surface area (Å²) in [6, 6.07) is 17.6. The van der Waals surface area contributed by atoms with Crippen molar-refractivity contribution in [3.05, 3.63) is 69.7 Å². The van der Waals surface area contributed by atoms with Gasteiger partial charge in [0.15, 0.2) is 0 Å². The molecule has 0 spiro atoms. The van der Waals surface area contributed by atoms with E-state index in [-0.39, 0.29) is 0 Å². The van der Waals surface area contributed by atoms with Crippen LogP contribution in [0.5, 0.6) is 0 Å². The van der Waals surface area contributed by atoms with E-state index in [4.69, 9.17) is 0 Å². The summed E-state index contributed by atoms with van der Waals surface area (Å²) >= 11 is 3.53. The molecular weight excluding hydrogens is 308 g/mol. The molecular formula is C19H23Br. The highest BCUT2D eigenvalue weighted by molar-refractivity contribution is 9.10. The van der Waals surface area contributed by atoms with E-state index in [1.165, 1.54) is 16.7 Å². The molecule has 0 radical (unpaired) electrons. The molecule has 0 saturated carbocycles. The van der Waals surface area contributed by atoms with Crippen molar-refractivity contribution in [3.8, 4) is 0 Å². The smallest absolute Gasteiger partial charge is 0.0175 e. The van der Waals surface area contributed by atoms with Crippen LogP contribution < -0.4 is 0 Å². The lowest BCUT2D eigenvalue weighted by Crippen LogP contribution is -2.11. The first-order valence-corrected chi connectivity index (χ1v) is 8.14. The van der Waals surface area contributed by atoms with Gasteiger partial charge in [0.25, 0.3) is 0 Å². The highest BCUT2D eigenvalue weighted by Crippen LogP contribution is 2.36. The summed E-state index contributed by atoms with van der Waals surface area (Å²) in [6.45, 7) is 9.17. The molecule has 0 saturated heterocycles. The van der Waals surface area contributed by atoms with Crippen molar-refractivity contribution in [2.45, 2.75) is 39.5 Å². The van der Waals surface area contributed by atoms with Crippen molar-refractivity contribution in [3.63, 3.8) is 0 Å². The summed E-state index contributed by atoms with van der Waals surface area (Å²) in [4.78, 5) is 0. The lowest BCUT2D eigenvalue weighted by Gasteiger charge is -2.26. The van der Waals surface area contributed by atoms with E-state index in [0.717, 1.165) is 4.47 Å². The zero-order chi connectivity index (χ0) is 14.7. The topological polar surface area (TPSA) is 0 Å². The Morgan fingerprint density at radius 3 is 1.80 bits per heavy atom.